The van der Waals surface area contributed by atoms with Gasteiger partial charge in [0, 0.05) is 38.0 Å². The van der Waals surface area contributed by atoms with Crippen molar-refractivity contribution in [3.8, 4) is 0 Å². The highest BCUT2D eigenvalue weighted by atomic mass is 16.5. The first-order valence-corrected chi connectivity index (χ1v) is 11.9. The van der Waals surface area contributed by atoms with E-state index in [-0.39, 0.29) is 25.0 Å². The number of benzene rings is 1. The van der Waals surface area contributed by atoms with Gasteiger partial charge in [0.25, 0.3) is 0 Å². The predicted molar refractivity (Wildman–Crippen MR) is 136 cm³/mol. The molecule has 7 N–H and O–H groups in total. The van der Waals surface area contributed by atoms with E-state index in [2.05, 4.69) is 36.2 Å². The van der Waals surface area contributed by atoms with Gasteiger partial charge in [0.05, 0.1) is 32.8 Å². The number of nitrogens with one attached hydrogen (secondary N) is 4. The fourth-order valence-electron chi connectivity index (χ4n) is 2.86. The molecule has 194 valence electrons. The second kappa shape index (κ2) is 16.5. The van der Waals surface area contributed by atoms with Crippen molar-refractivity contribution in [1.82, 2.24) is 20.3 Å². The lowest BCUT2D eigenvalue weighted by atomic mass is 10.1. The Kier molecular flexibility index (Phi) is 13.3. The van der Waals surface area contributed by atoms with E-state index in [9.17, 15) is 4.79 Å². The van der Waals surface area contributed by atoms with Crippen molar-refractivity contribution in [2.75, 3.05) is 68.6 Å². The van der Waals surface area contributed by atoms with Crippen LogP contribution in [-0.4, -0.2) is 84.7 Å². The third-order valence-corrected chi connectivity index (χ3v) is 4.45. The van der Waals surface area contributed by atoms with Gasteiger partial charge in [-0.05, 0) is 38.0 Å². The van der Waals surface area contributed by atoms with Crippen molar-refractivity contribution in [1.29, 1.82) is 0 Å². The smallest absolute Gasteiger partial charge is 0.233 e. The third kappa shape index (κ3) is 12.3. The first-order chi connectivity index (χ1) is 17.0. The largest absolute Gasteiger partial charge is 0.396 e. The van der Waals surface area contributed by atoms with Crippen LogP contribution in [-0.2, 0) is 20.7 Å². The van der Waals surface area contributed by atoms with Crippen molar-refractivity contribution in [2.24, 2.45) is 5.73 Å². The molecule has 0 aliphatic carbocycles. The van der Waals surface area contributed by atoms with Crippen LogP contribution >= 0.6 is 0 Å². The molecule has 0 fully saturated rings. The zero-order chi connectivity index (χ0) is 25.3. The molecule has 2 rings (SSSR count). The Balaban J connectivity index is 1.83. The quantitative estimate of drug-likeness (QED) is 0.164. The standard InChI is InChI=1S/C23H38N8O4/c1-17(2)27-22-29-21(26-9-3-11-32)30-23(31-22)28-19-6-4-18(5-7-19)16-20(33)25-10-13-35-15-14-34-12-8-24/h4-7,17,32H,3,8-16,24H2,1-2H3,(H,25,33)(H3,26,27,28,29,30,31). The van der Waals surface area contributed by atoms with Gasteiger partial charge >= 0.3 is 0 Å². The van der Waals surface area contributed by atoms with Crippen LogP contribution < -0.4 is 27.0 Å². The van der Waals surface area contributed by atoms with Gasteiger partial charge in [-0.3, -0.25) is 4.79 Å². The van der Waals surface area contributed by atoms with E-state index in [1.165, 1.54) is 0 Å². The first-order valence-electron chi connectivity index (χ1n) is 11.9. The minimum absolute atomic E-state index is 0.0749. The minimum atomic E-state index is -0.0749. The second-order valence-electron chi connectivity index (χ2n) is 7.97. The number of hydrogen-bond donors (Lipinski definition) is 6. The lowest BCUT2D eigenvalue weighted by Crippen LogP contribution is -2.29. The summed E-state index contributed by atoms with van der Waals surface area (Å²) in [5.74, 6) is 1.17. The molecule has 1 aromatic carbocycles. The summed E-state index contributed by atoms with van der Waals surface area (Å²) in [6.45, 7) is 7.47. The number of aliphatic hydroxyl groups is 1. The zero-order valence-electron chi connectivity index (χ0n) is 20.5. The van der Waals surface area contributed by atoms with Gasteiger partial charge in [0.1, 0.15) is 0 Å². The number of ether oxygens (including phenoxy) is 2. The highest BCUT2D eigenvalue weighted by Gasteiger charge is 2.09. The molecule has 0 unspecified atom stereocenters. The maximum absolute atomic E-state index is 12.2. The van der Waals surface area contributed by atoms with Gasteiger partial charge in [-0.2, -0.15) is 15.0 Å². The van der Waals surface area contributed by atoms with Crippen LogP contribution in [0.2, 0.25) is 0 Å². The molecule has 1 amide bonds. The molecule has 2 aromatic rings. The summed E-state index contributed by atoms with van der Waals surface area (Å²) in [6, 6.07) is 7.64. The number of carbonyl (C=O) groups is 1. The van der Waals surface area contributed by atoms with Gasteiger partial charge < -0.3 is 41.6 Å². The van der Waals surface area contributed by atoms with Crippen molar-refractivity contribution in [3.63, 3.8) is 0 Å². The number of amides is 1. The predicted octanol–water partition coefficient (Wildman–Crippen LogP) is 0.880. The number of hydrogen-bond acceptors (Lipinski definition) is 11. The Hall–Kier alpha value is -3.06. The Morgan fingerprint density at radius 3 is 2.34 bits per heavy atom. The van der Waals surface area contributed by atoms with Gasteiger partial charge in [-0.25, -0.2) is 0 Å². The first kappa shape index (κ1) is 28.2. The molecule has 12 heteroatoms. The number of rotatable bonds is 18. The van der Waals surface area contributed by atoms with Crippen LogP contribution in [0.15, 0.2) is 24.3 Å². The molecule has 0 saturated carbocycles. The molecule has 0 radical (unpaired) electrons. The van der Waals surface area contributed by atoms with Crippen molar-refractivity contribution in [2.45, 2.75) is 32.7 Å². The van der Waals surface area contributed by atoms with Crippen LogP contribution in [0.1, 0.15) is 25.8 Å². The summed E-state index contributed by atoms with van der Waals surface area (Å²) < 4.78 is 10.6. The topological polar surface area (TPSA) is 169 Å². The molecule has 12 nitrogen and oxygen atoms in total. The molecule has 0 bridgehead atoms. The number of nitrogens with zero attached hydrogens (tertiary/aromatic N) is 3. The van der Waals surface area contributed by atoms with E-state index in [1.54, 1.807) is 0 Å². The van der Waals surface area contributed by atoms with E-state index in [0.29, 0.717) is 70.3 Å². The summed E-state index contributed by atoms with van der Waals surface area (Å²) in [7, 11) is 0. The molecule has 35 heavy (non-hydrogen) atoms. The molecule has 0 saturated heterocycles. The van der Waals surface area contributed by atoms with Crippen LogP contribution in [0.5, 0.6) is 0 Å². The highest BCUT2D eigenvalue weighted by Crippen LogP contribution is 2.17. The minimum Gasteiger partial charge on any atom is -0.396 e. The number of aromatic nitrogens is 3. The van der Waals surface area contributed by atoms with Gasteiger partial charge in [-0.15, -0.1) is 0 Å². The number of carbonyl (C=O) groups excluding carboxylic acids is 1. The van der Waals surface area contributed by atoms with Gasteiger partial charge in [-0.1, -0.05) is 12.1 Å². The van der Waals surface area contributed by atoms with Crippen LogP contribution in [0.4, 0.5) is 23.5 Å². The van der Waals surface area contributed by atoms with Crippen LogP contribution in [0, 0.1) is 0 Å². The summed E-state index contributed by atoms with van der Waals surface area (Å²) in [5.41, 5.74) is 7.00. The maximum atomic E-state index is 12.2. The molecule has 1 heterocycles. The highest BCUT2D eigenvalue weighted by molar-refractivity contribution is 5.78. The SMILES string of the molecule is CC(C)Nc1nc(NCCCO)nc(Nc2ccc(CC(=O)NCCOCCOCCN)cc2)n1. The summed E-state index contributed by atoms with van der Waals surface area (Å²) in [6.07, 6.45) is 0.862. The van der Waals surface area contributed by atoms with Crippen LogP contribution in [0.3, 0.4) is 0 Å². The van der Waals surface area contributed by atoms with Crippen LogP contribution in [0.25, 0.3) is 0 Å². The Bertz CT molecular complexity index is 867. The number of anilines is 4. The number of aliphatic hydroxyl groups excluding tert-OH is 1. The van der Waals surface area contributed by atoms with Crippen molar-refractivity contribution >= 4 is 29.4 Å². The van der Waals surface area contributed by atoms with Gasteiger partial charge in [0.2, 0.25) is 23.8 Å². The molecule has 1 aromatic heterocycles. The molecular weight excluding hydrogens is 452 g/mol. The average molecular weight is 491 g/mol. The third-order valence-electron chi connectivity index (χ3n) is 4.45. The summed E-state index contributed by atoms with van der Waals surface area (Å²) >= 11 is 0. The lowest BCUT2D eigenvalue weighted by Gasteiger charge is -2.13. The summed E-state index contributed by atoms with van der Waals surface area (Å²) in [4.78, 5) is 25.3. The molecular formula is C23H38N8O4. The van der Waals surface area contributed by atoms with Crippen molar-refractivity contribution < 1.29 is 19.4 Å². The second-order valence-corrected chi connectivity index (χ2v) is 7.97. The molecule has 0 aliphatic rings. The molecule has 0 aliphatic heterocycles. The summed E-state index contributed by atoms with van der Waals surface area (Å²) in [5, 5.41) is 21.3. The molecule has 0 atom stereocenters. The fraction of sp³-hybridized carbons (Fsp3) is 0.565. The lowest BCUT2D eigenvalue weighted by molar-refractivity contribution is -0.120. The van der Waals surface area contributed by atoms with Gasteiger partial charge in [0.15, 0.2) is 0 Å². The normalized spacial score (nSPS) is 10.9. The van der Waals surface area contributed by atoms with E-state index in [0.717, 1.165) is 11.3 Å². The van der Waals surface area contributed by atoms with E-state index >= 15 is 0 Å². The monoisotopic (exact) mass is 490 g/mol. The fourth-order valence-corrected chi connectivity index (χ4v) is 2.86. The van der Waals surface area contributed by atoms with E-state index in [4.69, 9.17) is 20.3 Å². The average Bonchev–Trinajstić information content (AvgIpc) is 2.82. The zero-order valence-corrected chi connectivity index (χ0v) is 20.5. The maximum Gasteiger partial charge on any atom is 0.233 e. The van der Waals surface area contributed by atoms with E-state index in [1.807, 2.05) is 38.1 Å². The Morgan fingerprint density at radius 2 is 1.66 bits per heavy atom. The number of nitrogens with two attached hydrogens (primary N) is 1. The Morgan fingerprint density at radius 1 is 0.971 bits per heavy atom. The van der Waals surface area contributed by atoms with E-state index < -0.39 is 0 Å². The Labute approximate surface area is 206 Å². The van der Waals surface area contributed by atoms with Crippen molar-refractivity contribution in [3.05, 3.63) is 29.8 Å². The molecule has 0 spiro atoms.